The summed E-state index contributed by atoms with van der Waals surface area (Å²) in [6.07, 6.45) is 1.64. The smallest absolute Gasteiger partial charge is 0.261 e. The fourth-order valence-electron chi connectivity index (χ4n) is 3.96. The normalized spacial score (nSPS) is 12.9. The molecule has 2 N–H and O–H groups in total. The molecule has 4 aromatic rings. The number of hydrogen-bond acceptors (Lipinski definition) is 4. The maximum Gasteiger partial charge on any atom is 0.261 e. The van der Waals surface area contributed by atoms with Gasteiger partial charge in [-0.2, -0.15) is 0 Å². The summed E-state index contributed by atoms with van der Waals surface area (Å²) in [5.74, 6) is -0.227. The zero-order valence-corrected chi connectivity index (χ0v) is 18.1. The van der Waals surface area contributed by atoms with Crippen molar-refractivity contribution < 1.29 is 14.4 Å². The van der Waals surface area contributed by atoms with Gasteiger partial charge in [-0.3, -0.25) is 19.3 Å². The van der Waals surface area contributed by atoms with E-state index in [0.717, 1.165) is 35.3 Å². The lowest BCUT2D eigenvalue weighted by molar-refractivity contribution is 0.0652. The Morgan fingerprint density at radius 1 is 0.970 bits per heavy atom. The van der Waals surface area contributed by atoms with E-state index in [4.69, 9.17) is 0 Å². The zero-order chi connectivity index (χ0) is 22.9. The van der Waals surface area contributed by atoms with E-state index in [0.29, 0.717) is 23.4 Å². The first-order chi connectivity index (χ1) is 16.0. The van der Waals surface area contributed by atoms with E-state index < -0.39 is 0 Å². The molecule has 0 unspecified atom stereocenters. The highest BCUT2D eigenvalue weighted by molar-refractivity contribution is 6.22. The summed E-state index contributed by atoms with van der Waals surface area (Å²) in [6.45, 7) is 2.39. The summed E-state index contributed by atoms with van der Waals surface area (Å²) in [4.78, 5) is 47.1. The topological polar surface area (TPSA) is 95.2 Å². The molecule has 0 radical (unpaired) electrons. The number of rotatable bonds is 6. The van der Waals surface area contributed by atoms with Crippen LogP contribution >= 0.6 is 0 Å². The van der Waals surface area contributed by atoms with Crippen molar-refractivity contribution in [1.82, 2.24) is 14.9 Å². The molecule has 33 heavy (non-hydrogen) atoms. The lowest BCUT2D eigenvalue weighted by atomic mass is 10.1. The molecule has 0 fully saturated rings. The number of nitrogens with one attached hydrogen (secondary N) is 2. The van der Waals surface area contributed by atoms with Gasteiger partial charge in [-0.25, -0.2) is 4.98 Å². The van der Waals surface area contributed by atoms with Crippen LogP contribution < -0.4 is 5.32 Å². The van der Waals surface area contributed by atoms with Crippen LogP contribution in [-0.4, -0.2) is 39.1 Å². The molecule has 2 heterocycles. The molecule has 7 heteroatoms. The van der Waals surface area contributed by atoms with E-state index in [1.165, 1.54) is 11.0 Å². The molecule has 3 aromatic carbocycles. The van der Waals surface area contributed by atoms with Crippen molar-refractivity contribution in [3.63, 3.8) is 0 Å². The van der Waals surface area contributed by atoms with Gasteiger partial charge in [0.05, 0.1) is 22.2 Å². The lowest BCUT2D eigenvalue weighted by Gasteiger charge is -2.12. The number of unbranched alkanes of at least 4 members (excludes halogenated alkanes) is 1. The number of anilines is 1. The molecule has 0 saturated carbocycles. The van der Waals surface area contributed by atoms with Crippen molar-refractivity contribution >= 4 is 34.4 Å². The van der Waals surface area contributed by atoms with Crippen molar-refractivity contribution in [1.29, 1.82) is 0 Å². The van der Waals surface area contributed by atoms with Gasteiger partial charge in [0.2, 0.25) is 0 Å². The van der Waals surface area contributed by atoms with Crippen LogP contribution in [0.4, 0.5) is 5.69 Å². The minimum absolute atomic E-state index is 0.281. The molecule has 7 nitrogen and oxygen atoms in total. The summed E-state index contributed by atoms with van der Waals surface area (Å²) >= 11 is 0. The molecule has 1 aromatic heterocycles. The van der Waals surface area contributed by atoms with Gasteiger partial charge in [0.25, 0.3) is 17.7 Å². The SMILES string of the molecule is CCCCN1C(=O)c2ccc(C(=O)Nc3ccc(-c4nc5ccccc5[nH]4)cc3)cc2C1=O. The van der Waals surface area contributed by atoms with Crippen molar-refractivity contribution in [3.05, 3.63) is 83.4 Å². The Bertz CT molecular complexity index is 1360. The number of imide groups is 1. The van der Waals surface area contributed by atoms with E-state index in [1.54, 1.807) is 24.3 Å². The van der Waals surface area contributed by atoms with E-state index in [9.17, 15) is 14.4 Å². The maximum absolute atomic E-state index is 12.8. The summed E-state index contributed by atoms with van der Waals surface area (Å²) in [7, 11) is 0. The largest absolute Gasteiger partial charge is 0.338 e. The fourth-order valence-corrected chi connectivity index (χ4v) is 3.96. The minimum atomic E-state index is -0.346. The number of benzene rings is 3. The second-order valence-corrected chi connectivity index (χ2v) is 8.01. The Kier molecular flexibility index (Phi) is 5.22. The molecule has 3 amide bonds. The third kappa shape index (κ3) is 3.78. The van der Waals surface area contributed by atoms with Crippen LogP contribution in [0.2, 0.25) is 0 Å². The zero-order valence-electron chi connectivity index (χ0n) is 18.1. The van der Waals surface area contributed by atoms with Gasteiger partial charge in [0, 0.05) is 23.4 Å². The molecule has 0 aliphatic carbocycles. The standard InChI is InChI=1S/C26H22N4O3/c1-2-3-14-30-25(32)19-13-10-17(15-20(19)26(30)33)24(31)27-18-11-8-16(9-12-18)23-28-21-6-4-5-7-22(21)29-23/h4-13,15H,2-3,14H2,1H3,(H,27,31)(H,28,29). The lowest BCUT2D eigenvalue weighted by Crippen LogP contribution is -2.30. The first-order valence-corrected chi connectivity index (χ1v) is 10.9. The molecule has 0 saturated heterocycles. The number of nitrogens with zero attached hydrogens (tertiary/aromatic N) is 2. The number of carbonyl (C=O) groups is 3. The van der Waals surface area contributed by atoms with Gasteiger partial charge in [-0.15, -0.1) is 0 Å². The average molecular weight is 438 g/mol. The number of H-pyrrole nitrogens is 1. The molecular weight excluding hydrogens is 416 g/mol. The number of aromatic amines is 1. The average Bonchev–Trinajstić information content (AvgIpc) is 3.37. The summed E-state index contributed by atoms with van der Waals surface area (Å²) < 4.78 is 0. The predicted octanol–water partition coefficient (Wildman–Crippen LogP) is 4.88. The summed E-state index contributed by atoms with van der Waals surface area (Å²) in [5, 5.41) is 2.85. The van der Waals surface area contributed by atoms with E-state index in [-0.39, 0.29) is 23.3 Å². The number of amides is 3. The molecule has 1 aliphatic heterocycles. The van der Waals surface area contributed by atoms with Crippen LogP contribution in [0.1, 0.15) is 50.8 Å². The Hall–Kier alpha value is -4.26. The van der Waals surface area contributed by atoms with Crippen molar-refractivity contribution in [3.8, 4) is 11.4 Å². The van der Waals surface area contributed by atoms with Crippen molar-refractivity contribution in [2.24, 2.45) is 0 Å². The first kappa shape index (κ1) is 20.6. The van der Waals surface area contributed by atoms with Crippen LogP contribution in [0.5, 0.6) is 0 Å². The monoisotopic (exact) mass is 438 g/mol. The Labute approximate surface area is 190 Å². The number of carbonyl (C=O) groups excluding carboxylic acids is 3. The first-order valence-electron chi connectivity index (χ1n) is 10.9. The van der Waals surface area contributed by atoms with E-state index in [2.05, 4.69) is 15.3 Å². The highest BCUT2D eigenvalue weighted by atomic mass is 16.2. The van der Waals surface area contributed by atoms with Gasteiger partial charge >= 0.3 is 0 Å². The quantitative estimate of drug-likeness (QED) is 0.420. The molecule has 0 spiro atoms. The van der Waals surface area contributed by atoms with Gasteiger partial charge in [-0.05, 0) is 61.0 Å². The maximum atomic E-state index is 12.8. The van der Waals surface area contributed by atoms with Gasteiger partial charge in [0.15, 0.2) is 0 Å². The number of para-hydroxylation sites is 2. The molecular formula is C26H22N4O3. The Morgan fingerprint density at radius 3 is 2.48 bits per heavy atom. The molecule has 0 atom stereocenters. The number of hydrogen-bond donors (Lipinski definition) is 2. The van der Waals surface area contributed by atoms with Gasteiger partial charge in [0.1, 0.15) is 5.82 Å². The second kappa shape index (κ2) is 8.35. The van der Waals surface area contributed by atoms with Gasteiger partial charge < -0.3 is 10.3 Å². The van der Waals surface area contributed by atoms with Crippen LogP contribution in [0.15, 0.2) is 66.7 Å². The van der Waals surface area contributed by atoms with Gasteiger partial charge in [-0.1, -0.05) is 25.5 Å². The van der Waals surface area contributed by atoms with Crippen LogP contribution in [0, 0.1) is 0 Å². The second-order valence-electron chi connectivity index (χ2n) is 8.01. The molecule has 1 aliphatic rings. The van der Waals surface area contributed by atoms with Crippen molar-refractivity contribution in [2.45, 2.75) is 19.8 Å². The molecule has 164 valence electrons. The minimum Gasteiger partial charge on any atom is -0.338 e. The number of aromatic nitrogens is 2. The van der Waals surface area contributed by atoms with E-state index in [1.807, 2.05) is 43.3 Å². The van der Waals surface area contributed by atoms with Crippen molar-refractivity contribution in [2.75, 3.05) is 11.9 Å². The molecule has 5 rings (SSSR count). The van der Waals surface area contributed by atoms with Crippen LogP contribution in [0.3, 0.4) is 0 Å². The Balaban J connectivity index is 1.32. The molecule has 0 bridgehead atoms. The number of imidazole rings is 1. The summed E-state index contributed by atoms with van der Waals surface area (Å²) in [5.41, 5.74) is 4.33. The highest BCUT2D eigenvalue weighted by Gasteiger charge is 2.35. The predicted molar refractivity (Wildman–Crippen MR) is 126 cm³/mol. The summed E-state index contributed by atoms with van der Waals surface area (Å²) in [6, 6.07) is 19.8. The van der Waals surface area contributed by atoms with Crippen LogP contribution in [0.25, 0.3) is 22.4 Å². The third-order valence-electron chi connectivity index (χ3n) is 5.77. The Morgan fingerprint density at radius 2 is 1.73 bits per heavy atom. The highest BCUT2D eigenvalue weighted by Crippen LogP contribution is 2.26. The third-order valence-corrected chi connectivity index (χ3v) is 5.77. The van der Waals surface area contributed by atoms with E-state index >= 15 is 0 Å². The number of fused-ring (bicyclic) bond motifs is 2. The van der Waals surface area contributed by atoms with Crippen LogP contribution in [-0.2, 0) is 0 Å². The fraction of sp³-hybridized carbons (Fsp3) is 0.154.